The number of alkyl halides is 10. The standard InChI is InChI=1S/C45H50F10N4O10S2/c46-42(47,48)36(58-68-70(62,63)44(52,53)38(60)56-24-40-18-26-12-27(19-40)14-28(13-26)20-40)32-2-6-34(7-3-32)66-10-1-11-67-35-8-4-33(5-9-35)37(43(49,50)51)59-69-71(64,65)45(54,55)39(61)57-25-41-21-29-15-30(22-41)17-31(16-29)23-41/h2-9,26-31H,1,10-25H2,(H,56,60)(H,57,61). The first-order valence-corrected chi connectivity index (χ1v) is 25.8. The Bertz CT molecular complexity index is 2360. The minimum Gasteiger partial charge on any atom is -0.493 e. The van der Waals surface area contributed by atoms with Crippen LogP contribution in [0.3, 0.4) is 0 Å². The van der Waals surface area contributed by atoms with Gasteiger partial charge in [-0.3, -0.25) is 18.2 Å². The van der Waals surface area contributed by atoms with Gasteiger partial charge in [0.2, 0.25) is 0 Å². The molecule has 71 heavy (non-hydrogen) atoms. The molecule has 2 aromatic carbocycles. The molecule has 0 aliphatic heterocycles. The van der Waals surface area contributed by atoms with Gasteiger partial charge in [-0.05, 0) is 172 Å². The average Bonchev–Trinajstić information content (AvgIpc) is 3.26. The van der Waals surface area contributed by atoms with Crippen LogP contribution in [0.25, 0.3) is 0 Å². The van der Waals surface area contributed by atoms with Crippen molar-refractivity contribution in [1.82, 2.24) is 10.6 Å². The number of amides is 2. The van der Waals surface area contributed by atoms with E-state index < -0.39 is 88.3 Å². The predicted octanol–water partition coefficient (Wildman–Crippen LogP) is 8.61. The number of carbonyl (C=O) groups is 2. The molecule has 8 saturated carbocycles. The highest BCUT2D eigenvalue weighted by atomic mass is 32.2. The van der Waals surface area contributed by atoms with Crippen LogP contribution in [0.15, 0.2) is 58.8 Å². The monoisotopic (exact) mass is 1060 g/mol. The summed E-state index contributed by atoms with van der Waals surface area (Å²) < 4.78 is 212. The first-order valence-electron chi connectivity index (χ1n) is 23.0. The number of nitrogens with one attached hydrogen (secondary N) is 2. The molecule has 8 bridgehead atoms. The fourth-order valence-corrected chi connectivity index (χ4v) is 13.8. The van der Waals surface area contributed by atoms with Crippen molar-refractivity contribution in [2.24, 2.45) is 56.6 Å². The van der Waals surface area contributed by atoms with E-state index in [4.69, 9.17) is 9.47 Å². The maximum Gasteiger partial charge on any atom is 0.459 e. The highest BCUT2D eigenvalue weighted by Gasteiger charge is 2.59. The zero-order valence-corrected chi connectivity index (χ0v) is 39.3. The molecule has 0 heterocycles. The molecule has 2 N–H and O–H groups in total. The van der Waals surface area contributed by atoms with E-state index in [1.165, 1.54) is 0 Å². The molecule has 26 heteroatoms. The van der Waals surface area contributed by atoms with Gasteiger partial charge in [0.15, 0.2) is 11.4 Å². The van der Waals surface area contributed by atoms with Crippen molar-refractivity contribution in [2.75, 3.05) is 26.3 Å². The molecule has 10 rings (SSSR count). The third kappa shape index (κ3) is 11.4. The van der Waals surface area contributed by atoms with Crippen molar-refractivity contribution in [3.63, 3.8) is 0 Å². The lowest BCUT2D eigenvalue weighted by Gasteiger charge is -2.56. The highest BCUT2D eigenvalue weighted by molar-refractivity contribution is 7.88. The number of nitrogens with zero attached hydrogens (tertiary/aromatic N) is 2. The fraction of sp³-hybridized carbons (Fsp3) is 0.644. The van der Waals surface area contributed by atoms with E-state index in [-0.39, 0.29) is 44.2 Å². The molecule has 0 spiro atoms. The number of ether oxygens (including phenoxy) is 2. The first kappa shape index (κ1) is 52.4. The molecule has 0 atom stereocenters. The van der Waals surface area contributed by atoms with Crippen molar-refractivity contribution < 1.29 is 88.4 Å². The molecule has 2 aromatic rings. The highest BCUT2D eigenvalue weighted by Crippen LogP contribution is 2.61. The molecule has 0 radical (unpaired) electrons. The Kier molecular flexibility index (Phi) is 14.2. The van der Waals surface area contributed by atoms with Gasteiger partial charge in [-0.15, -0.1) is 0 Å². The summed E-state index contributed by atoms with van der Waals surface area (Å²) >= 11 is 0. The van der Waals surface area contributed by atoms with E-state index in [0.717, 1.165) is 87.1 Å². The molecule has 14 nitrogen and oxygen atoms in total. The first-order chi connectivity index (χ1) is 33.1. The molecule has 0 unspecified atom stereocenters. The SMILES string of the molecule is O=C(NCC12CC3CC(CC(C3)C1)C2)C(F)(F)S(=O)(=O)ON=C(c1ccc(OCCCOc2ccc(C(=NOS(=O)(=O)C(F)(F)C(=O)NCC34CC5CC(CC(C5)C3)C4)C(F)(F)F)cc2)cc1)C(F)(F)F. The molecule has 0 saturated heterocycles. The van der Waals surface area contributed by atoms with Gasteiger partial charge in [0.25, 0.3) is 0 Å². The van der Waals surface area contributed by atoms with Crippen molar-refractivity contribution in [3.05, 3.63) is 59.7 Å². The van der Waals surface area contributed by atoms with Crippen LogP contribution in [0.2, 0.25) is 0 Å². The Hall–Kier alpha value is -4.88. The number of hydrogen-bond acceptors (Lipinski definition) is 12. The third-order valence-corrected chi connectivity index (χ3v) is 17.0. The zero-order valence-electron chi connectivity index (χ0n) is 37.7. The van der Waals surface area contributed by atoms with Crippen LogP contribution in [0.1, 0.15) is 94.6 Å². The molecular formula is C45H50F10N4O10S2. The summed E-state index contributed by atoms with van der Waals surface area (Å²) in [6, 6.07) is 7.12. The van der Waals surface area contributed by atoms with Gasteiger partial charge in [-0.25, -0.2) is 0 Å². The number of rotatable bonds is 20. The Labute approximate surface area is 401 Å². The minimum absolute atomic E-state index is 0.0329. The summed E-state index contributed by atoms with van der Waals surface area (Å²) in [4.78, 5) is 24.9. The van der Waals surface area contributed by atoms with E-state index in [9.17, 15) is 70.3 Å². The van der Waals surface area contributed by atoms with Crippen LogP contribution in [0.5, 0.6) is 11.5 Å². The lowest BCUT2D eigenvalue weighted by Crippen LogP contribution is -2.54. The van der Waals surface area contributed by atoms with Crippen LogP contribution in [-0.2, 0) is 38.4 Å². The topological polar surface area (TPSA) is 188 Å². The molecule has 8 aliphatic rings. The summed E-state index contributed by atoms with van der Waals surface area (Å²) in [5.74, 6) is -2.22. The molecule has 8 aliphatic carbocycles. The Morgan fingerprint density at radius 3 is 1.06 bits per heavy atom. The quantitative estimate of drug-likeness (QED) is 0.0563. The van der Waals surface area contributed by atoms with Crippen molar-refractivity contribution >= 4 is 43.5 Å². The lowest BCUT2D eigenvalue weighted by atomic mass is 9.49. The second-order valence-electron chi connectivity index (χ2n) is 20.3. The molecule has 2 amide bonds. The predicted molar refractivity (Wildman–Crippen MR) is 231 cm³/mol. The summed E-state index contributed by atoms with van der Waals surface area (Å²) in [7, 11) is -12.7. The second kappa shape index (κ2) is 19.2. The van der Waals surface area contributed by atoms with Gasteiger partial charge in [0.05, 0.1) is 13.2 Å². The summed E-state index contributed by atoms with van der Waals surface area (Å²) in [6.07, 6.45) is -0.523. The van der Waals surface area contributed by atoms with E-state index >= 15 is 0 Å². The number of halogens is 10. The van der Waals surface area contributed by atoms with Crippen LogP contribution >= 0.6 is 0 Å². The van der Waals surface area contributed by atoms with Gasteiger partial charge < -0.3 is 20.1 Å². The average molecular weight is 1060 g/mol. The van der Waals surface area contributed by atoms with Gasteiger partial charge in [0, 0.05) is 30.6 Å². The minimum atomic E-state index is -6.36. The summed E-state index contributed by atoms with van der Waals surface area (Å²) in [6.45, 7) is -0.730. The van der Waals surface area contributed by atoms with Gasteiger partial charge in [-0.2, -0.15) is 60.7 Å². The van der Waals surface area contributed by atoms with Gasteiger partial charge >= 0.3 is 54.9 Å². The van der Waals surface area contributed by atoms with E-state index in [0.29, 0.717) is 74.0 Å². The van der Waals surface area contributed by atoms with Crippen LogP contribution < -0.4 is 20.1 Å². The normalized spacial score (nSPS) is 28.6. The Balaban J connectivity index is 0.797. The molecule has 8 fully saturated rings. The summed E-state index contributed by atoms with van der Waals surface area (Å²) in [5.41, 5.74) is -6.61. The van der Waals surface area contributed by atoms with Gasteiger partial charge in [0.1, 0.15) is 11.5 Å². The maximum absolute atomic E-state index is 14.9. The zero-order chi connectivity index (χ0) is 51.4. The lowest BCUT2D eigenvalue weighted by molar-refractivity contribution is -0.138. The smallest absolute Gasteiger partial charge is 0.459 e. The van der Waals surface area contributed by atoms with Crippen molar-refractivity contribution in [1.29, 1.82) is 0 Å². The third-order valence-electron chi connectivity index (χ3n) is 14.8. The fourth-order valence-electron chi connectivity index (χ4n) is 12.6. The van der Waals surface area contributed by atoms with E-state index in [1.807, 2.05) is 10.6 Å². The van der Waals surface area contributed by atoms with Crippen LogP contribution in [-0.4, -0.2) is 89.2 Å². The molecule has 392 valence electrons. The number of carbonyl (C=O) groups excluding carboxylic acids is 2. The van der Waals surface area contributed by atoms with Crippen LogP contribution in [0, 0.1) is 46.3 Å². The number of hydrogen-bond donors (Lipinski definition) is 2. The second-order valence-corrected chi connectivity index (χ2v) is 23.4. The number of oxime groups is 2. The van der Waals surface area contributed by atoms with E-state index in [1.54, 1.807) is 0 Å². The number of benzene rings is 2. The summed E-state index contributed by atoms with van der Waals surface area (Å²) in [5, 5.41) is -1.62. The molecule has 0 aromatic heterocycles. The van der Waals surface area contributed by atoms with Gasteiger partial charge in [-0.1, -0.05) is 10.3 Å². The van der Waals surface area contributed by atoms with Crippen molar-refractivity contribution in [2.45, 2.75) is 106 Å². The van der Waals surface area contributed by atoms with Crippen LogP contribution in [0.4, 0.5) is 43.9 Å². The van der Waals surface area contributed by atoms with E-state index in [2.05, 4.69) is 18.9 Å². The Morgan fingerprint density at radius 1 is 0.507 bits per heavy atom. The largest absolute Gasteiger partial charge is 0.493 e. The van der Waals surface area contributed by atoms with Crippen molar-refractivity contribution in [3.8, 4) is 11.5 Å². The Morgan fingerprint density at radius 2 is 0.789 bits per heavy atom. The maximum atomic E-state index is 14.9. The molecular weight excluding hydrogens is 1010 g/mol.